The van der Waals surface area contributed by atoms with Crippen molar-refractivity contribution in [1.82, 2.24) is 5.32 Å². The van der Waals surface area contributed by atoms with Crippen molar-refractivity contribution >= 4 is 11.9 Å². The molecule has 0 unspecified atom stereocenters. The van der Waals surface area contributed by atoms with Crippen LogP contribution in [-0.4, -0.2) is 24.1 Å². The van der Waals surface area contributed by atoms with Gasteiger partial charge in [-0.15, -0.1) is 0 Å². The van der Waals surface area contributed by atoms with Crippen LogP contribution >= 0.6 is 0 Å². The molecule has 1 aromatic rings. The first kappa shape index (κ1) is 20.7. The molecule has 1 aliphatic heterocycles. The van der Waals surface area contributed by atoms with E-state index in [1.54, 1.807) is 53.7 Å². The molecule has 27 heavy (non-hydrogen) atoms. The second kappa shape index (κ2) is 8.37. The maximum atomic E-state index is 13.4. The Hall–Kier alpha value is -2.63. The highest BCUT2D eigenvalue weighted by molar-refractivity contribution is 6.00. The summed E-state index contributed by atoms with van der Waals surface area (Å²) >= 11 is 0. The third kappa shape index (κ3) is 4.76. The SMILES string of the molecule is CC1=C(C(=O)OC(C)C)C(c2ccc(F)cc2)C(C(=O)OC(C)C)=C(C)N1. The van der Waals surface area contributed by atoms with Crippen LogP contribution in [0.1, 0.15) is 53.0 Å². The highest BCUT2D eigenvalue weighted by Gasteiger charge is 2.38. The van der Waals surface area contributed by atoms with Crippen LogP contribution < -0.4 is 5.32 Å². The van der Waals surface area contributed by atoms with E-state index in [1.807, 2.05) is 0 Å². The van der Waals surface area contributed by atoms with Crippen LogP contribution in [0.3, 0.4) is 0 Å². The van der Waals surface area contributed by atoms with E-state index >= 15 is 0 Å². The largest absolute Gasteiger partial charge is 0.460 e. The quantitative estimate of drug-likeness (QED) is 0.789. The minimum atomic E-state index is -0.704. The third-order valence-electron chi connectivity index (χ3n) is 4.09. The van der Waals surface area contributed by atoms with Crippen molar-refractivity contribution in [2.45, 2.75) is 59.7 Å². The topological polar surface area (TPSA) is 64.6 Å². The molecule has 0 atom stereocenters. The Balaban J connectivity index is 2.60. The molecular formula is C21H26FNO4. The van der Waals surface area contributed by atoms with E-state index in [0.717, 1.165) is 0 Å². The number of ether oxygens (including phenoxy) is 2. The number of carbonyl (C=O) groups excluding carboxylic acids is 2. The van der Waals surface area contributed by atoms with E-state index < -0.39 is 23.7 Å². The second-order valence-electron chi connectivity index (χ2n) is 7.10. The molecule has 0 spiro atoms. The van der Waals surface area contributed by atoms with E-state index in [-0.39, 0.29) is 12.2 Å². The van der Waals surface area contributed by atoms with Gasteiger partial charge in [0.25, 0.3) is 0 Å². The molecule has 0 bridgehead atoms. The molecule has 0 amide bonds. The number of carbonyl (C=O) groups is 2. The van der Waals surface area contributed by atoms with E-state index in [4.69, 9.17) is 9.47 Å². The Morgan fingerprint density at radius 1 is 0.889 bits per heavy atom. The Bertz CT molecular complexity index is 747. The van der Waals surface area contributed by atoms with Gasteiger partial charge >= 0.3 is 11.9 Å². The lowest BCUT2D eigenvalue weighted by Crippen LogP contribution is -2.33. The number of hydrogen-bond donors (Lipinski definition) is 1. The van der Waals surface area contributed by atoms with Crippen LogP contribution in [-0.2, 0) is 19.1 Å². The molecule has 146 valence electrons. The molecule has 1 aliphatic rings. The number of hydrogen-bond acceptors (Lipinski definition) is 5. The average molecular weight is 375 g/mol. The Morgan fingerprint density at radius 3 is 1.67 bits per heavy atom. The van der Waals surface area contributed by atoms with Crippen LogP contribution in [0.2, 0.25) is 0 Å². The van der Waals surface area contributed by atoms with Gasteiger partial charge in [-0.1, -0.05) is 12.1 Å². The summed E-state index contributed by atoms with van der Waals surface area (Å²) in [6, 6.07) is 5.74. The summed E-state index contributed by atoms with van der Waals surface area (Å²) in [5.41, 5.74) is 2.43. The van der Waals surface area contributed by atoms with Crippen LogP contribution in [0.4, 0.5) is 4.39 Å². The predicted octanol–water partition coefficient (Wildman–Crippen LogP) is 3.96. The normalized spacial score (nSPS) is 15.3. The molecule has 1 aromatic carbocycles. The van der Waals surface area contributed by atoms with Gasteiger partial charge in [0.05, 0.1) is 29.3 Å². The van der Waals surface area contributed by atoms with Gasteiger partial charge in [0.15, 0.2) is 0 Å². The Labute approximate surface area is 159 Å². The fourth-order valence-corrected chi connectivity index (χ4v) is 3.08. The van der Waals surface area contributed by atoms with Crippen LogP contribution in [0.15, 0.2) is 46.8 Å². The molecule has 1 N–H and O–H groups in total. The van der Waals surface area contributed by atoms with Crippen molar-refractivity contribution in [2.24, 2.45) is 0 Å². The van der Waals surface area contributed by atoms with Gasteiger partial charge in [-0.25, -0.2) is 14.0 Å². The zero-order valence-corrected chi connectivity index (χ0v) is 16.6. The first-order valence-electron chi connectivity index (χ1n) is 8.97. The number of halogens is 1. The molecule has 1 heterocycles. The summed E-state index contributed by atoms with van der Waals surface area (Å²) in [6.45, 7) is 10.5. The first-order valence-corrected chi connectivity index (χ1v) is 8.97. The number of dihydropyridines is 1. The summed E-state index contributed by atoms with van der Waals surface area (Å²) in [6.07, 6.45) is -0.630. The summed E-state index contributed by atoms with van der Waals surface area (Å²) < 4.78 is 24.2. The molecule has 0 saturated heterocycles. The number of nitrogens with one attached hydrogen (secondary N) is 1. The standard InChI is InChI=1S/C21H26FNO4/c1-11(2)26-20(24)17-13(5)23-14(6)18(21(25)27-12(3)4)19(17)15-7-9-16(22)10-8-15/h7-12,19,23H,1-6H3. The van der Waals surface area contributed by atoms with E-state index in [9.17, 15) is 14.0 Å². The van der Waals surface area contributed by atoms with E-state index in [0.29, 0.717) is 28.1 Å². The molecule has 6 heteroatoms. The molecule has 0 radical (unpaired) electrons. The molecule has 2 rings (SSSR count). The van der Waals surface area contributed by atoms with Crippen LogP contribution in [0, 0.1) is 5.82 Å². The number of benzene rings is 1. The monoisotopic (exact) mass is 375 g/mol. The van der Waals surface area contributed by atoms with Crippen molar-refractivity contribution in [1.29, 1.82) is 0 Å². The lowest BCUT2D eigenvalue weighted by Gasteiger charge is -2.31. The number of allylic oxidation sites excluding steroid dienone is 2. The van der Waals surface area contributed by atoms with Gasteiger partial charge in [0, 0.05) is 11.4 Å². The smallest absolute Gasteiger partial charge is 0.337 e. The van der Waals surface area contributed by atoms with Crippen LogP contribution in [0.25, 0.3) is 0 Å². The van der Waals surface area contributed by atoms with Gasteiger partial charge < -0.3 is 14.8 Å². The van der Waals surface area contributed by atoms with Gasteiger partial charge in [-0.05, 0) is 59.2 Å². The minimum Gasteiger partial charge on any atom is -0.460 e. The van der Waals surface area contributed by atoms with Crippen molar-refractivity contribution < 1.29 is 23.5 Å². The number of esters is 2. The van der Waals surface area contributed by atoms with Crippen molar-refractivity contribution in [2.75, 3.05) is 0 Å². The molecule has 0 aromatic heterocycles. The van der Waals surface area contributed by atoms with Crippen molar-refractivity contribution in [3.8, 4) is 0 Å². The van der Waals surface area contributed by atoms with E-state index in [1.165, 1.54) is 12.1 Å². The van der Waals surface area contributed by atoms with Gasteiger partial charge in [-0.3, -0.25) is 0 Å². The predicted molar refractivity (Wildman–Crippen MR) is 100 cm³/mol. The lowest BCUT2D eigenvalue weighted by atomic mass is 9.80. The van der Waals surface area contributed by atoms with Gasteiger partial charge in [0.2, 0.25) is 0 Å². The van der Waals surface area contributed by atoms with Crippen molar-refractivity contribution in [3.63, 3.8) is 0 Å². The maximum Gasteiger partial charge on any atom is 0.337 e. The molecule has 5 nitrogen and oxygen atoms in total. The summed E-state index contributed by atoms with van der Waals surface area (Å²) in [7, 11) is 0. The molecule has 0 fully saturated rings. The molecule has 0 saturated carbocycles. The van der Waals surface area contributed by atoms with E-state index in [2.05, 4.69) is 5.32 Å². The average Bonchev–Trinajstić information content (AvgIpc) is 2.53. The highest BCUT2D eigenvalue weighted by atomic mass is 19.1. The second-order valence-corrected chi connectivity index (χ2v) is 7.10. The maximum absolute atomic E-state index is 13.4. The summed E-state index contributed by atoms with van der Waals surface area (Å²) in [5.74, 6) is -2.14. The zero-order chi connectivity index (χ0) is 20.3. The van der Waals surface area contributed by atoms with Gasteiger partial charge in [-0.2, -0.15) is 0 Å². The molecular weight excluding hydrogens is 349 g/mol. The first-order chi connectivity index (χ1) is 12.6. The fourth-order valence-electron chi connectivity index (χ4n) is 3.08. The Morgan fingerprint density at radius 2 is 1.30 bits per heavy atom. The van der Waals surface area contributed by atoms with Crippen LogP contribution in [0.5, 0.6) is 0 Å². The Kier molecular flexibility index (Phi) is 6.41. The third-order valence-corrected chi connectivity index (χ3v) is 4.09. The molecule has 0 aliphatic carbocycles. The summed E-state index contributed by atoms with van der Waals surface area (Å²) in [5, 5.41) is 3.08. The zero-order valence-electron chi connectivity index (χ0n) is 16.6. The summed E-state index contributed by atoms with van der Waals surface area (Å²) in [4.78, 5) is 25.6. The fraction of sp³-hybridized carbons (Fsp3) is 0.429. The van der Waals surface area contributed by atoms with Crippen molar-refractivity contribution in [3.05, 3.63) is 58.2 Å². The van der Waals surface area contributed by atoms with Gasteiger partial charge in [0.1, 0.15) is 5.82 Å². The number of rotatable bonds is 5. The lowest BCUT2D eigenvalue weighted by molar-refractivity contribution is -0.143. The minimum absolute atomic E-state index is 0.315. The highest BCUT2D eigenvalue weighted by Crippen LogP contribution is 2.39.